The van der Waals surface area contributed by atoms with Crippen molar-refractivity contribution < 1.29 is 13.2 Å². The molecule has 0 saturated heterocycles. The number of primary sulfonamides is 1. The van der Waals surface area contributed by atoms with Gasteiger partial charge in [-0.2, -0.15) is 0 Å². The predicted octanol–water partition coefficient (Wildman–Crippen LogP) is 2.10. The minimum Gasteiger partial charge on any atom is -0.324 e. The van der Waals surface area contributed by atoms with Crippen molar-refractivity contribution >= 4 is 49.1 Å². The average molecular weight is 356 g/mol. The number of anilines is 1. The summed E-state index contributed by atoms with van der Waals surface area (Å²) in [5, 5.41) is 7.75. The third kappa shape index (κ3) is 3.94. The fraction of sp³-hybridized carbons (Fsp3) is 0.300. The van der Waals surface area contributed by atoms with Crippen LogP contribution in [0.15, 0.2) is 23.1 Å². The molecule has 1 aromatic rings. The van der Waals surface area contributed by atoms with E-state index in [1.54, 1.807) is 13.8 Å². The van der Waals surface area contributed by atoms with Crippen molar-refractivity contribution in [3.05, 3.63) is 23.2 Å². The summed E-state index contributed by atoms with van der Waals surface area (Å²) >= 11 is 9.06. The smallest absolute Gasteiger partial charge is 0.240 e. The van der Waals surface area contributed by atoms with E-state index >= 15 is 0 Å². The summed E-state index contributed by atoms with van der Waals surface area (Å²) in [4.78, 5) is 11.6. The highest BCUT2D eigenvalue weighted by atomic mass is 79.9. The third-order valence-electron chi connectivity index (χ3n) is 2.05. The molecule has 0 atom stereocenters. The van der Waals surface area contributed by atoms with E-state index in [4.69, 9.17) is 16.7 Å². The summed E-state index contributed by atoms with van der Waals surface area (Å²) in [5.74, 6) is -0.351. The van der Waals surface area contributed by atoms with Gasteiger partial charge in [0.15, 0.2) is 0 Å². The van der Waals surface area contributed by atoms with E-state index in [0.717, 1.165) is 0 Å². The first-order chi connectivity index (χ1) is 8.01. The van der Waals surface area contributed by atoms with Gasteiger partial charge < -0.3 is 5.32 Å². The van der Waals surface area contributed by atoms with Crippen molar-refractivity contribution in [1.29, 1.82) is 0 Å². The third-order valence-corrected chi connectivity index (χ3v) is 3.66. The Kier molecular flexibility index (Phi) is 4.42. The predicted molar refractivity (Wildman–Crippen MR) is 74.5 cm³/mol. The molecule has 1 amide bonds. The Hall–Kier alpha value is -0.630. The SMILES string of the molecule is CC(C)(Br)C(=O)Nc1cc(S(N)(=O)=O)ccc1Cl. The van der Waals surface area contributed by atoms with Crippen LogP contribution in [0.5, 0.6) is 0 Å². The minimum absolute atomic E-state index is 0.116. The van der Waals surface area contributed by atoms with E-state index in [9.17, 15) is 13.2 Å². The van der Waals surface area contributed by atoms with Crippen molar-refractivity contribution in [3.8, 4) is 0 Å². The quantitative estimate of drug-likeness (QED) is 0.814. The van der Waals surface area contributed by atoms with Crippen LogP contribution in [0.1, 0.15) is 13.8 Å². The molecule has 0 unspecified atom stereocenters. The summed E-state index contributed by atoms with van der Waals surface area (Å²) < 4.78 is 21.6. The van der Waals surface area contributed by atoms with Gasteiger partial charge >= 0.3 is 0 Å². The molecule has 0 radical (unpaired) electrons. The molecule has 5 nitrogen and oxygen atoms in total. The average Bonchev–Trinajstić information content (AvgIpc) is 2.18. The first-order valence-corrected chi connectivity index (χ1v) is 7.56. The Morgan fingerprint density at radius 2 is 2.00 bits per heavy atom. The Morgan fingerprint density at radius 3 is 2.44 bits per heavy atom. The molecule has 0 aromatic heterocycles. The lowest BCUT2D eigenvalue weighted by Gasteiger charge is -2.16. The summed E-state index contributed by atoms with van der Waals surface area (Å²) in [6.07, 6.45) is 0. The number of amides is 1. The van der Waals surface area contributed by atoms with Gasteiger partial charge in [-0.25, -0.2) is 13.6 Å². The maximum atomic E-state index is 11.7. The Labute approximate surface area is 119 Å². The van der Waals surface area contributed by atoms with E-state index in [1.165, 1.54) is 18.2 Å². The standard InChI is InChI=1S/C10H12BrClN2O3S/c1-10(2,11)9(15)14-8-5-6(18(13,16)17)3-4-7(8)12/h3-5H,1-2H3,(H,14,15)(H2,13,16,17). The molecule has 0 spiro atoms. The van der Waals surface area contributed by atoms with E-state index in [-0.39, 0.29) is 21.5 Å². The fourth-order valence-electron chi connectivity index (χ4n) is 1.05. The van der Waals surface area contributed by atoms with Crippen LogP contribution in [0.3, 0.4) is 0 Å². The van der Waals surface area contributed by atoms with Crippen molar-refractivity contribution in [3.63, 3.8) is 0 Å². The van der Waals surface area contributed by atoms with Crippen LogP contribution in [0.25, 0.3) is 0 Å². The number of sulfonamides is 1. The number of halogens is 2. The molecule has 3 N–H and O–H groups in total. The Morgan fingerprint density at radius 1 is 1.44 bits per heavy atom. The fourth-order valence-corrected chi connectivity index (χ4v) is 1.85. The van der Waals surface area contributed by atoms with Crippen molar-refractivity contribution in [1.82, 2.24) is 0 Å². The maximum absolute atomic E-state index is 11.7. The summed E-state index contributed by atoms with van der Waals surface area (Å²) in [6, 6.07) is 3.85. The van der Waals surface area contributed by atoms with Gasteiger partial charge in [0, 0.05) is 0 Å². The number of benzene rings is 1. The molecular formula is C10H12BrClN2O3S. The van der Waals surface area contributed by atoms with Gasteiger partial charge in [0.2, 0.25) is 15.9 Å². The lowest BCUT2D eigenvalue weighted by atomic mass is 10.2. The largest absolute Gasteiger partial charge is 0.324 e. The lowest BCUT2D eigenvalue weighted by Crippen LogP contribution is -2.31. The highest BCUT2D eigenvalue weighted by Gasteiger charge is 2.24. The van der Waals surface area contributed by atoms with Gasteiger partial charge in [0.25, 0.3) is 0 Å². The molecule has 0 saturated carbocycles. The number of nitrogens with one attached hydrogen (secondary N) is 1. The highest BCUT2D eigenvalue weighted by Crippen LogP contribution is 2.27. The van der Waals surface area contributed by atoms with Gasteiger partial charge in [-0.05, 0) is 32.0 Å². The molecular weight excluding hydrogens is 344 g/mol. The summed E-state index contributed by atoms with van der Waals surface area (Å²) in [5.41, 5.74) is 0.195. The molecule has 0 heterocycles. The van der Waals surface area contributed by atoms with Gasteiger partial charge in [-0.1, -0.05) is 27.5 Å². The topological polar surface area (TPSA) is 89.3 Å². The van der Waals surface area contributed by atoms with Gasteiger partial charge in [-0.3, -0.25) is 4.79 Å². The lowest BCUT2D eigenvalue weighted by molar-refractivity contribution is -0.117. The molecule has 0 bridgehead atoms. The molecule has 0 aliphatic carbocycles. The highest BCUT2D eigenvalue weighted by molar-refractivity contribution is 9.10. The van der Waals surface area contributed by atoms with Gasteiger partial charge in [-0.15, -0.1) is 0 Å². The second kappa shape index (κ2) is 5.16. The van der Waals surface area contributed by atoms with E-state index < -0.39 is 14.3 Å². The number of alkyl halides is 1. The molecule has 0 fully saturated rings. The number of carbonyl (C=O) groups excluding carboxylic acids is 1. The Bertz CT molecular complexity index is 581. The molecule has 100 valence electrons. The van der Waals surface area contributed by atoms with Crippen molar-refractivity contribution in [2.75, 3.05) is 5.32 Å². The monoisotopic (exact) mass is 354 g/mol. The summed E-state index contributed by atoms with van der Waals surface area (Å²) in [6.45, 7) is 3.31. The number of rotatable bonds is 3. The maximum Gasteiger partial charge on any atom is 0.240 e. The summed E-state index contributed by atoms with van der Waals surface area (Å²) in [7, 11) is -3.84. The molecule has 8 heteroatoms. The molecule has 0 aliphatic heterocycles. The molecule has 1 rings (SSSR count). The first kappa shape index (κ1) is 15.4. The van der Waals surface area contributed by atoms with E-state index in [0.29, 0.717) is 0 Å². The van der Waals surface area contributed by atoms with E-state index in [2.05, 4.69) is 21.2 Å². The molecule has 1 aromatic carbocycles. The second-order valence-corrected chi connectivity index (χ2v) is 8.06. The van der Waals surface area contributed by atoms with Gasteiger partial charge in [0.1, 0.15) is 0 Å². The van der Waals surface area contributed by atoms with Crippen LogP contribution in [0.2, 0.25) is 5.02 Å². The zero-order valence-electron chi connectivity index (χ0n) is 9.70. The Balaban J connectivity index is 3.14. The number of nitrogens with two attached hydrogens (primary N) is 1. The van der Waals surface area contributed by atoms with Crippen LogP contribution in [-0.2, 0) is 14.8 Å². The van der Waals surface area contributed by atoms with Crippen LogP contribution < -0.4 is 10.5 Å². The van der Waals surface area contributed by atoms with Gasteiger partial charge in [0.05, 0.1) is 19.9 Å². The zero-order chi connectivity index (χ0) is 14.1. The van der Waals surface area contributed by atoms with Crippen LogP contribution in [0.4, 0.5) is 5.69 Å². The molecule has 0 aliphatic rings. The normalized spacial score (nSPS) is 12.3. The van der Waals surface area contributed by atoms with E-state index in [1.807, 2.05) is 0 Å². The number of hydrogen-bond acceptors (Lipinski definition) is 3. The van der Waals surface area contributed by atoms with Crippen LogP contribution in [-0.4, -0.2) is 18.6 Å². The first-order valence-electron chi connectivity index (χ1n) is 4.84. The number of hydrogen-bond donors (Lipinski definition) is 2. The van der Waals surface area contributed by atoms with Crippen LogP contribution in [0, 0.1) is 0 Å². The van der Waals surface area contributed by atoms with Crippen molar-refractivity contribution in [2.24, 2.45) is 5.14 Å². The molecule has 18 heavy (non-hydrogen) atoms. The zero-order valence-corrected chi connectivity index (χ0v) is 12.9. The minimum atomic E-state index is -3.84. The van der Waals surface area contributed by atoms with Crippen LogP contribution >= 0.6 is 27.5 Å². The second-order valence-electron chi connectivity index (χ2n) is 4.11. The number of carbonyl (C=O) groups is 1. The van der Waals surface area contributed by atoms with Crippen molar-refractivity contribution in [2.45, 2.75) is 23.1 Å².